The third-order valence-electron chi connectivity index (χ3n) is 0.905. The fourth-order valence-electron chi connectivity index (χ4n) is 0.475. The van der Waals surface area contributed by atoms with Gasteiger partial charge in [0, 0.05) is 1.43 Å². The third-order valence-corrected chi connectivity index (χ3v) is 0.905. The molecule has 44 valence electrons. The molecule has 1 rings (SSSR count). The first-order valence-electron chi connectivity index (χ1n) is 2.31. The molecule has 0 atom stereocenters. The summed E-state index contributed by atoms with van der Waals surface area (Å²) in [6.07, 6.45) is 0. The minimum atomic E-state index is -0.354. The van der Waals surface area contributed by atoms with Crippen LogP contribution in [0.25, 0.3) is 0 Å². The maximum atomic E-state index is 12.2. The predicted octanol–water partition coefficient (Wildman–Crippen LogP) is 1.65. The molecule has 0 spiro atoms. The van der Waals surface area contributed by atoms with Gasteiger partial charge >= 0.3 is 0 Å². The number of halogens is 1. The quantitative estimate of drug-likeness (QED) is 0.508. The molecule has 2 heteroatoms. The summed E-state index contributed by atoms with van der Waals surface area (Å²) in [6.45, 7) is 0. The minimum absolute atomic E-state index is 0. The van der Waals surface area contributed by atoms with E-state index in [1.165, 1.54) is 12.1 Å². The van der Waals surface area contributed by atoms with Crippen molar-refractivity contribution in [2.75, 3.05) is 5.73 Å². The Morgan fingerprint density at radius 2 is 2.00 bits per heavy atom. The van der Waals surface area contributed by atoms with Crippen molar-refractivity contribution >= 4 is 5.69 Å². The standard InChI is InChI=1S/C6H6FN.H2/c7-5-3-1-2-4-6(5)8;/h1-4H,8H2;1H. The number of nitrogen functional groups attached to an aromatic ring is 1. The van der Waals surface area contributed by atoms with E-state index in [-0.39, 0.29) is 12.9 Å². The molecule has 0 saturated heterocycles. The van der Waals surface area contributed by atoms with Crippen LogP contribution in [0.15, 0.2) is 24.3 Å². The van der Waals surface area contributed by atoms with E-state index in [9.17, 15) is 4.39 Å². The van der Waals surface area contributed by atoms with Gasteiger partial charge < -0.3 is 5.73 Å². The van der Waals surface area contributed by atoms with E-state index in [4.69, 9.17) is 5.73 Å². The lowest BCUT2D eigenvalue weighted by Gasteiger charge is -1.89. The molecule has 1 aromatic rings. The summed E-state index contributed by atoms with van der Waals surface area (Å²) >= 11 is 0. The number of benzene rings is 1. The topological polar surface area (TPSA) is 26.0 Å². The van der Waals surface area contributed by atoms with E-state index >= 15 is 0 Å². The van der Waals surface area contributed by atoms with E-state index in [0.29, 0.717) is 0 Å². The molecule has 1 nitrogen and oxygen atoms in total. The van der Waals surface area contributed by atoms with Crippen LogP contribution in [-0.2, 0) is 0 Å². The van der Waals surface area contributed by atoms with Crippen molar-refractivity contribution in [3.8, 4) is 0 Å². The van der Waals surface area contributed by atoms with E-state index in [1.807, 2.05) is 0 Å². The molecular formula is C6H8FN. The van der Waals surface area contributed by atoms with Gasteiger partial charge in [-0.1, -0.05) is 12.1 Å². The highest BCUT2D eigenvalue weighted by Crippen LogP contribution is 2.05. The van der Waals surface area contributed by atoms with Crippen LogP contribution in [-0.4, -0.2) is 0 Å². The van der Waals surface area contributed by atoms with Crippen LogP contribution in [0.2, 0.25) is 0 Å². The summed E-state index contributed by atoms with van der Waals surface area (Å²) in [5.74, 6) is -0.354. The molecule has 0 aliphatic heterocycles. The van der Waals surface area contributed by atoms with Crippen LogP contribution < -0.4 is 5.73 Å². The van der Waals surface area contributed by atoms with Gasteiger partial charge in [0.2, 0.25) is 0 Å². The first-order valence-corrected chi connectivity index (χ1v) is 2.31. The largest absolute Gasteiger partial charge is 0.396 e. The minimum Gasteiger partial charge on any atom is -0.396 e. The van der Waals surface area contributed by atoms with Gasteiger partial charge in [-0.2, -0.15) is 0 Å². The molecule has 0 radical (unpaired) electrons. The molecule has 0 aromatic heterocycles. The molecular weight excluding hydrogens is 105 g/mol. The number of nitrogens with two attached hydrogens (primary N) is 1. The van der Waals surface area contributed by atoms with Gasteiger partial charge in [0.25, 0.3) is 0 Å². The Labute approximate surface area is 48.4 Å². The zero-order chi connectivity index (χ0) is 5.98. The van der Waals surface area contributed by atoms with Gasteiger partial charge in [-0.15, -0.1) is 0 Å². The van der Waals surface area contributed by atoms with Crippen LogP contribution in [0.4, 0.5) is 10.1 Å². The third kappa shape index (κ3) is 0.780. The molecule has 2 N–H and O–H groups in total. The highest BCUT2D eigenvalue weighted by atomic mass is 19.1. The van der Waals surface area contributed by atoms with Gasteiger partial charge in [-0.3, -0.25) is 0 Å². The van der Waals surface area contributed by atoms with E-state index < -0.39 is 0 Å². The van der Waals surface area contributed by atoms with Crippen LogP contribution in [0, 0.1) is 5.82 Å². The van der Waals surface area contributed by atoms with Crippen molar-refractivity contribution in [1.29, 1.82) is 0 Å². The number of rotatable bonds is 0. The second kappa shape index (κ2) is 1.82. The lowest BCUT2D eigenvalue weighted by Crippen LogP contribution is -1.86. The Balaban J connectivity index is 0.000000640. The molecule has 0 unspecified atom stereocenters. The molecule has 0 aliphatic rings. The van der Waals surface area contributed by atoms with Crippen molar-refractivity contribution in [1.82, 2.24) is 0 Å². The first-order chi connectivity index (χ1) is 3.80. The molecule has 0 aliphatic carbocycles. The summed E-state index contributed by atoms with van der Waals surface area (Å²) < 4.78 is 12.2. The highest BCUT2D eigenvalue weighted by Gasteiger charge is 1.89. The molecule has 8 heavy (non-hydrogen) atoms. The fourth-order valence-corrected chi connectivity index (χ4v) is 0.475. The maximum absolute atomic E-state index is 12.2. The fraction of sp³-hybridized carbons (Fsp3) is 0. The SMILES string of the molecule is Nc1ccccc1F.[HH]. The number of hydrogen-bond acceptors (Lipinski definition) is 1. The summed E-state index contributed by atoms with van der Waals surface area (Å²) in [7, 11) is 0. The van der Waals surface area contributed by atoms with Crippen molar-refractivity contribution in [2.24, 2.45) is 0 Å². The molecule has 0 amide bonds. The number of hydrogen-bond donors (Lipinski definition) is 1. The summed E-state index contributed by atoms with van der Waals surface area (Å²) in [4.78, 5) is 0. The van der Waals surface area contributed by atoms with E-state index in [2.05, 4.69) is 0 Å². The van der Waals surface area contributed by atoms with Crippen LogP contribution >= 0.6 is 0 Å². The van der Waals surface area contributed by atoms with Crippen molar-refractivity contribution in [3.63, 3.8) is 0 Å². The summed E-state index contributed by atoms with van der Waals surface area (Å²) in [6, 6.07) is 6.15. The molecule has 0 heterocycles. The second-order valence-corrected chi connectivity index (χ2v) is 1.52. The van der Waals surface area contributed by atoms with E-state index in [0.717, 1.165) is 0 Å². The average Bonchev–Trinajstić information content (AvgIpc) is 1.77. The second-order valence-electron chi connectivity index (χ2n) is 1.52. The van der Waals surface area contributed by atoms with Gasteiger partial charge in [0.15, 0.2) is 0 Å². The predicted molar refractivity (Wildman–Crippen MR) is 32.9 cm³/mol. The van der Waals surface area contributed by atoms with Crippen LogP contribution in [0.1, 0.15) is 1.43 Å². The zero-order valence-electron chi connectivity index (χ0n) is 4.26. The van der Waals surface area contributed by atoms with Gasteiger partial charge in [0.05, 0.1) is 5.69 Å². The number of para-hydroxylation sites is 1. The Bertz CT molecular complexity index is 169. The summed E-state index contributed by atoms with van der Waals surface area (Å²) in [5, 5.41) is 0. The van der Waals surface area contributed by atoms with E-state index in [1.54, 1.807) is 12.1 Å². The Morgan fingerprint density at radius 1 is 1.38 bits per heavy atom. The Hall–Kier alpha value is -1.05. The van der Waals surface area contributed by atoms with Gasteiger partial charge in [-0.05, 0) is 12.1 Å². The van der Waals surface area contributed by atoms with Crippen molar-refractivity contribution < 1.29 is 5.82 Å². The summed E-state index contributed by atoms with van der Waals surface area (Å²) in [5.41, 5.74) is 5.35. The zero-order valence-corrected chi connectivity index (χ0v) is 4.26. The lowest BCUT2D eigenvalue weighted by atomic mass is 10.3. The lowest BCUT2D eigenvalue weighted by molar-refractivity contribution is 0.632. The van der Waals surface area contributed by atoms with Gasteiger partial charge in [0.1, 0.15) is 5.82 Å². The number of anilines is 1. The molecule has 1 aromatic carbocycles. The highest BCUT2D eigenvalue weighted by molar-refractivity contribution is 5.38. The monoisotopic (exact) mass is 113 g/mol. The molecule has 0 saturated carbocycles. The smallest absolute Gasteiger partial charge is 0.146 e. The average molecular weight is 113 g/mol. The van der Waals surface area contributed by atoms with Crippen molar-refractivity contribution in [2.45, 2.75) is 0 Å². The Kier molecular flexibility index (Phi) is 1.16. The van der Waals surface area contributed by atoms with Gasteiger partial charge in [-0.25, -0.2) is 4.39 Å². The first kappa shape index (κ1) is 5.09. The normalized spacial score (nSPS) is 9.12. The maximum Gasteiger partial charge on any atom is 0.146 e. The van der Waals surface area contributed by atoms with Crippen LogP contribution in [0.5, 0.6) is 0 Å². The molecule has 0 fully saturated rings. The van der Waals surface area contributed by atoms with Crippen molar-refractivity contribution in [3.05, 3.63) is 30.1 Å². The molecule has 0 bridgehead atoms. The Morgan fingerprint density at radius 3 is 2.38 bits per heavy atom. The van der Waals surface area contributed by atoms with Crippen LogP contribution in [0.3, 0.4) is 0 Å².